The van der Waals surface area contributed by atoms with E-state index in [-0.39, 0.29) is 11.7 Å². The van der Waals surface area contributed by atoms with Gasteiger partial charge in [-0.3, -0.25) is 9.78 Å². The van der Waals surface area contributed by atoms with Gasteiger partial charge in [0.05, 0.1) is 0 Å². The zero-order valence-electron chi connectivity index (χ0n) is 12.4. The van der Waals surface area contributed by atoms with Crippen LogP contribution in [0.1, 0.15) is 28.8 Å². The Kier molecular flexibility index (Phi) is 4.47. The number of amides is 1. The summed E-state index contributed by atoms with van der Waals surface area (Å²) in [5.74, 6) is 0.000570. The van der Waals surface area contributed by atoms with Gasteiger partial charge in [-0.2, -0.15) is 0 Å². The first-order chi connectivity index (χ1) is 10.7. The maximum absolute atomic E-state index is 13.3. The predicted octanol–water partition coefficient (Wildman–Crippen LogP) is 3.32. The van der Waals surface area contributed by atoms with Gasteiger partial charge >= 0.3 is 0 Å². The van der Waals surface area contributed by atoms with Crippen LogP contribution in [0, 0.1) is 11.7 Å². The Balaban J connectivity index is 1.66. The summed E-state index contributed by atoms with van der Waals surface area (Å²) < 4.78 is 13.3. The van der Waals surface area contributed by atoms with E-state index in [0.29, 0.717) is 11.5 Å². The Morgan fingerprint density at radius 1 is 1.32 bits per heavy atom. The molecule has 3 nitrogen and oxygen atoms in total. The first kappa shape index (κ1) is 14.7. The molecular weight excluding hydrogens is 279 g/mol. The van der Waals surface area contributed by atoms with Crippen LogP contribution in [0.4, 0.5) is 4.39 Å². The molecule has 1 aliphatic heterocycles. The monoisotopic (exact) mass is 298 g/mol. The van der Waals surface area contributed by atoms with Crippen molar-refractivity contribution in [3.63, 3.8) is 0 Å². The molecule has 0 radical (unpaired) electrons. The van der Waals surface area contributed by atoms with Crippen LogP contribution in [0.2, 0.25) is 0 Å². The SMILES string of the molecule is O=C(c1cccc(F)c1)N1CCCC(Cc2cccnc2)C1. The Bertz CT molecular complexity index is 645. The van der Waals surface area contributed by atoms with Crippen molar-refractivity contribution in [2.24, 2.45) is 5.92 Å². The molecule has 0 N–H and O–H groups in total. The Morgan fingerprint density at radius 2 is 2.23 bits per heavy atom. The Hall–Kier alpha value is -2.23. The van der Waals surface area contributed by atoms with Crippen molar-refractivity contribution in [3.05, 3.63) is 65.7 Å². The number of hydrogen-bond donors (Lipinski definition) is 0. The van der Waals surface area contributed by atoms with Gasteiger partial charge in [0.25, 0.3) is 5.91 Å². The molecule has 1 aromatic heterocycles. The second-order valence-corrected chi connectivity index (χ2v) is 5.84. The number of piperidine rings is 1. The summed E-state index contributed by atoms with van der Waals surface area (Å²) in [6, 6.07) is 9.94. The minimum Gasteiger partial charge on any atom is -0.338 e. The summed E-state index contributed by atoms with van der Waals surface area (Å²) in [5.41, 5.74) is 1.63. The fourth-order valence-corrected chi connectivity index (χ4v) is 3.07. The highest BCUT2D eigenvalue weighted by molar-refractivity contribution is 5.94. The zero-order chi connectivity index (χ0) is 15.4. The molecule has 3 rings (SSSR count). The second kappa shape index (κ2) is 6.69. The summed E-state index contributed by atoms with van der Waals surface area (Å²) in [6.45, 7) is 1.48. The van der Waals surface area contributed by atoms with Crippen molar-refractivity contribution in [1.82, 2.24) is 9.88 Å². The van der Waals surface area contributed by atoms with Crippen molar-refractivity contribution < 1.29 is 9.18 Å². The summed E-state index contributed by atoms with van der Waals surface area (Å²) in [5, 5.41) is 0. The predicted molar refractivity (Wildman–Crippen MR) is 83.0 cm³/mol. The van der Waals surface area contributed by atoms with Crippen LogP contribution < -0.4 is 0 Å². The Labute approximate surface area is 129 Å². The number of aromatic nitrogens is 1. The average Bonchev–Trinajstić information content (AvgIpc) is 2.55. The lowest BCUT2D eigenvalue weighted by Crippen LogP contribution is -2.40. The van der Waals surface area contributed by atoms with Crippen LogP contribution in [-0.4, -0.2) is 28.9 Å². The molecular formula is C18H19FN2O. The van der Waals surface area contributed by atoms with Crippen molar-refractivity contribution in [2.75, 3.05) is 13.1 Å². The molecule has 0 saturated carbocycles. The lowest BCUT2D eigenvalue weighted by Gasteiger charge is -2.33. The van der Waals surface area contributed by atoms with Gasteiger partial charge in [0.2, 0.25) is 0 Å². The molecule has 0 aliphatic carbocycles. The van der Waals surface area contributed by atoms with Gasteiger partial charge in [-0.05, 0) is 55.0 Å². The molecule has 0 spiro atoms. The molecule has 1 unspecified atom stereocenters. The highest BCUT2D eigenvalue weighted by Crippen LogP contribution is 2.22. The number of carbonyl (C=O) groups is 1. The van der Waals surface area contributed by atoms with Crippen LogP contribution >= 0.6 is 0 Å². The topological polar surface area (TPSA) is 33.2 Å². The molecule has 4 heteroatoms. The van der Waals surface area contributed by atoms with Gasteiger partial charge in [-0.15, -0.1) is 0 Å². The van der Waals surface area contributed by atoms with E-state index in [1.165, 1.54) is 17.7 Å². The number of nitrogens with zero attached hydrogens (tertiary/aromatic N) is 2. The van der Waals surface area contributed by atoms with E-state index in [2.05, 4.69) is 11.1 Å². The Morgan fingerprint density at radius 3 is 3.00 bits per heavy atom. The van der Waals surface area contributed by atoms with E-state index >= 15 is 0 Å². The number of halogens is 1. The molecule has 2 heterocycles. The molecule has 2 aromatic rings. The average molecular weight is 298 g/mol. The van der Waals surface area contributed by atoms with Gasteiger partial charge < -0.3 is 4.90 Å². The van der Waals surface area contributed by atoms with Crippen molar-refractivity contribution in [3.8, 4) is 0 Å². The van der Waals surface area contributed by atoms with E-state index in [4.69, 9.17) is 0 Å². The largest absolute Gasteiger partial charge is 0.338 e. The van der Waals surface area contributed by atoms with Gasteiger partial charge in [0.15, 0.2) is 0 Å². The lowest BCUT2D eigenvalue weighted by molar-refractivity contribution is 0.0673. The van der Waals surface area contributed by atoms with E-state index in [9.17, 15) is 9.18 Å². The third kappa shape index (κ3) is 3.50. The van der Waals surface area contributed by atoms with Crippen LogP contribution in [0.3, 0.4) is 0 Å². The molecule has 1 amide bonds. The standard InChI is InChI=1S/C18H19FN2O/c19-17-7-1-6-16(11-17)18(22)21-9-3-5-15(13-21)10-14-4-2-8-20-12-14/h1-2,4,6-8,11-12,15H,3,5,9-10,13H2. The molecule has 22 heavy (non-hydrogen) atoms. The lowest BCUT2D eigenvalue weighted by atomic mass is 9.91. The number of likely N-dealkylation sites (tertiary alicyclic amines) is 1. The fourth-order valence-electron chi connectivity index (χ4n) is 3.07. The first-order valence-electron chi connectivity index (χ1n) is 7.66. The van der Waals surface area contributed by atoms with E-state index < -0.39 is 0 Å². The molecule has 1 aromatic carbocycles. The molecule has 1 saturated heterocycles. The molecule has 1 fully saturated rings. The number of pyridine rings is 1. The van der Waals surface area contributed by atoms with Crippen LogP contribution in [0.15, 0.2) is 48.8 Å². The van der Waals surface area contributed by atoms with Gasteiger partial charge in [-0.25, -0.2) is 4.39 Å². The first-order valence-corrected chi connectivity index (χ1v) is 7.66. The minimum atomic E-state index is -0.366. The van der Waals surface area contributed by atoms with Crippen LogP contribution in [0.5, 0.6) is 0 Å². The van der Waals surface area contributed by atoms with E-state index in [1.807, 2.05) is 17.2 Å². The maximum atomic E-state index is 13.3. The highest BCUT2D eigenvalue weighted by atomic mass is 19.1. The molecule has 0 bridgehead atoms. The van der Waals surface area contributed by atoms with E-state index in [0.717, 1.165) is 32.4 Å². The van der Waals surface area contributed by atoms with Gasteiger partial charge in [-0.1, -0.05) is 12.1 Å². The smallest absolute Gasteiger partial charge is 0.253 e. The number of benzene rings is 1. The van der Waals surface area contributed by atoms with Crippen molar-refractivity contribution in [2.45, 2.75) is 19.3 Å². The number of hydrogen-bond acceptors (Lipinski definition) is 2. The summed E-state index contributed by atoms with van der Waals surface area (Å²) in [7, 11) is 0. The summed E-state index contributed by atoms with van der Waals surface area (Å²) in [4.78, 5) is 18.5. The van der Waals surface area contributed by atoms with Crippen LogP contribution in [-0.2, 0) is 6.42 Å². The van der Waals surface area contributed by atoms with Crippen LogP contribution in [0.25, 0.3) is 0 Å². The quantitative estimate of drug-likeness (QED) is 0.871. The van der Waals surface area contributed by atoms with Gasteiger partial charge in [0, 0.05) is 31.0 Å². The third-order valence-electron chi connectivity index (χ3n) is 4.12. The van der Waals surface area contributed by atoms with E-state index in [1.54, 1.807) is 18.3 Å². The minimum absolute atomic E-state index is 0.0737. The normalized spacial score (nSPS) is 18.2. The second-order valence-electron chi connectivity index (χ2n) is 5.84. The highest BCUT2D eigenvalue weighted by Gasteiger charge is 2.24. The molecule has 114 valence electrons. The summed E-state index contributed by atoms with van der Waals surface area (Å²) in [6.07, 6.45) is 6.69. The zero-order valence-corrected chi connectivity index (χ0v) is 12.4. The molecule has 1 aliphatic rings. The summed E-state index contributed by atoms with van der Waals surface area (Å²) >= 11 is 0. The maximum Gasteiger partial charge on any atom is 0.253 e. The fraction of sp³-hybridized carbons (Fsp3) is 0.333. The number of rotatable bonds is 3. The van der Waals surface area contributed by atoms with Crippen molar-refractivity contribution in [1.29, 1.82) is 0 Å². The van der Waals surface area contributed by atoms with Crippen molar-refractivity contribution >= 4 is 5.91 Å². The molecule has 1 atom stereocenters. The third-order valence-corrected chi connectivity index (χ3v) is 4.12. The van der Waals surface area contributed by atoms with Gasteiger partial charge in [0.1, 0.15) is 5.82 Å². The number of carbonyl (C=O) groups excluding carboxylic acids is 1.